The second-order valence-corrected chi connectivity index (χ2v) is 3.80. The SMILES string of the molecule is CCc1cc(C)ccc1N(N)c1ccn[nH]1. The highest BCUT2D eigenvalue weighted by atomic mass is 15.5. The van der Waals surface area contributed by atoms with Gasteiger partial charge in [-0.2, -0.15) is 5.10 Å². The largest absolute Gasteiger partial charge is 0.262 e. The Kier molecular flexibility index (Phi) is 2.92. The van der Waals surface area contributed by atoms with Gasteiger partial charge >= 0.3 is 0 Å². The molecule has 0 amide bonds. The molecule has 2 aromatic rings. The van der Waals surface area contributed by atoms with Crippen molar-refractivity contribution in [3.05, 3.63) is 41.6 Å². The smallest absolute Gasteiger partial charge is 0.143 e. The lowest BCUT2D eigenvalue weighted by atomic mass is 10.1. The molecule has 1 aromatic carbocycles. The monoisotopic (exact) mass is 216 g/mol. The molecule has 0 aliphatic carbocycles. The first-order valence-corrected chi connectivity index (χ1v) is 5.36. The van der Waals surface area contributed by atoms with Crippen molar-refractivity contribution in [1.82, 2.24) is 10.2 Å². The predicted molar refractivity (Wildman–Crippen MR) is 65.5 cm³/mol. The van der Waals surface area contributed by atoms with Gasteiger partial charge in [-0.25, -0.2) is 5.84 Å². The van der Waals surface area contributed by atoms with E-state index in [4.69, 9.17) is 5.84 Å². The molecule has 16 heavy (non-hydrogen) atoms. The molecule has 0 unspecified atom stereocenters. The number of hydrazine groups is 1. The Balaban J connectivity index is 2.40. The fourth-order valence-electron chi connectivity index (χ4n) is 1.74. The molecule has 4 nitrogen and oxygen atoms in total. The van der Waals surface area contributed by atoms with E-state index in [0.29, 0.717) is 0 Å². The number of hydrogen-bond acceptors (Lipinski definition) is 3. The number of aromatic amines is 1. The number of aryl methyl sites for hydroxylation is 2. The molecule has 3 N–H and O–H groups in total. The Hall–Kier alpha value is -1.81. The standard InChI is InChI=1S/C12H16N4/c1-3-10-8-9(2)4-5-11(10)16(13)12-6-7-14-15-12/h4-8H,3,13H2,1-2H3,(H,14,15). The Morgan fingerprint density at radius 3 is 2.81 bits per heavy atom. The van der Waals surface area contributed by atoms with Crippen molar-refractivity contribution >= 4 is 11.5 Å². The molecule has 0 atom stereocenters. The first kappa shape index (κ1) is 10.7. The summed E-state index contributed by atoms with van der Waals surface area (Å²) in [7, 11) is 0. The summed E-state index contributed by atoms with van der Waals surface area (Å²) in [5, 5.41) is 8.38. The molecule has 0 spiro atoms. The van der Waals surface area contributed by atoms with Crippen LogP contribution in [0.3, 0.4) is 0 Å². The van der Waals surface area contributed by atoms with Gasteiger partial charge in [0, 0.05) is 6.07 Å². The molecule has 0 aliphatic heterocycles. The molecule has 0 bridgehead atoms. The maximum absolute atomic E-state index is 6.05. The highest BCUT2D eigenvalue weighted by Gasteiger charge is 2.09. The summed E-state index contributed by atoms with van der Waals surface area (Å²) in [6, 6.07) is 8.10. The van der Waals surface area contributed by atoms with Gasteiger partial charge in [0.2, 0.25) is 0 Å². The number of anilines is 2. The van der Waals surface area contributed by atoms with Crippen LogP contribution in [-0.4, -0.2) is 10.2 Å². The Morgan fingerprint density at radius 2 is 2.19 bits per heavy atom. The lowest BCUT2D eigenvalue weighted by Crippen LogP contribution is -2.26. The molecule has 0 radical (unpaired) electrons. The molecule has 0 saturated heterocycles. The van der Waals surface area contributed by atoms with Gasteiger partial charge in [-0.3, -0.25) is 10.1 Å². The van der Waals surface area contributed by atoms with Gasteiger partial charge in [-0.1, -0.05) is 24.6 Å². The number of aromatic nitrogens is 2. The number of H-pyrrole nitrogens is 1. The third-order valence-electron chi connectivity index (χ3n) is 2.62. The van der Waals surface area contributed by atoms with Crippen LogP contribution < -0.4 is 10.9 Å². The number of nitrogens with two attached hydrogens (primary N) is 1. The summed E-state index contributed by atoms with van der Waals surface area (Å²) in [6.07, 6.45) is 2.65. The normalized spacial score (nSPS) is 10.4. The van der Waals surface area contributed by atoms with Crippen molar-refractivity contribution < 1.29 is 0 Å². The Morgan fingerprint density at radius 1 is 1.38 bits per heavy atom. The molecular weight excluding hydrogens is 200 g/mol. The van der Waals surface area contributed by atoms with E-state index in [1.807, 2.05) is 12.1 Å². The number of nitrogens with one attached hydrogen (secondary N) is 1. The number of nitrogens with zero attached hydrogens (tertiary/aromatic N) is 2. The van der Waals surface area contributed by atoms with Crippen molar-refractivity contribution in [2.75, 3.05) is 5.01 Å². The maximum atomic E-state index is 6.05. The summed E-state index contributed by atoms with van der Waals surface area (Å²) >= 11 is 0. The van der Waals surface area contributed by atoms with Crippen LogP contribution in [0.5, 0.6) is 0 Å². The van der Waals surface area contributed by atoms with Crippen LogP contribution in [0.25, 0.3) is 0 Å². The van der Waals surface area contributed by atoms with E-state index >= 15 is 0 Å². The topological polar surface area (TPSA) is 57.9 Å². The van der Waals surface area contributed by atoms with Crippen molar-refractivity contribution in [3.8, 4) is 0 Å². The molecule has 0 saturated carbocycles. The minimum absolute atomic E-state index is 0.790. The van der Waals surface area contributed by atoms with E-state index in [1.165, 1.54) is 11.1 Å². The second-order valence-electron chi connectivity index (χ2n) is 3.80. The average Bonchev–Trinajstić information content (AvgIpc) is 2.81. The van der Waals surface area contributed by atoms with Gasteiger partial charge in [-0.15, -0.1) is 0 Å². The first-order valence-electron chi connectivity index (χ1n) is 5.36. The van der Waals surface area contributed by atoms with E-state index in [2.05, 4.69) is 36.2 Å². The zero-order valence-corrected chi connectivity index (χ0v) is 9.57. The fourth-order valence-corrected chi connectivity index (χ4v) is 1.74. The lowest BCUT2D eigenvalue weighted by molar-refractivity contribution is 0.976. The average molecular weight is 216 g/mol. The summed E-state index contributed by atoms with van der Waals surface area (Å²) in [4.78, 5) is 0. The number of benzene rings is 1. The summed E-state index contributed by atoms with van der Waals surface area (Å²) in [5.41, 5.74) is 3.49. The van der Waals surface area contributed by atoms with Crippen LogP contribution in [0.15, 0.2) is 30.5 Å². The van der Waals surface area contributed by atoms with Crippen LogP contribution in [0, 0.1) is 6.92 Å². The van der Waals surface area contributed by atoms with Crippen molar-refractivity contribution in [3.63, 3.8) is 0 Å². The van der Waals surface area contributed by atoms with Crippen molar-refractivity contribution in [1.29, 1.82) is 0 Å². The maximum Gasteiger partial charge on any atom is 0.143 e. The molecule has 84 valence electrons. The molecule has 0 aliphatic rings. The fraction of sp³-hybridized carbons (Fsp3) is 0.250. The Bertz CT molecular complexity index is 462. The summed E-state index contributed by atoms with van der Waals surface area (Å²) < 4.78 is 0. The number of rotatable bonds is 3. The van der Waals surface area contributed by atoms with E-state index in [-0.39, 0.29) is 0 Å². The van der Waals surface area contributed by atoms with Gasteiger partial charge in [0.1, 0.15) is 5.82 Å². The highest BCUT2D eigenvalue weighted by molar-refractivity contribution is 5.62. The van der Waals surface area contributed by atoms with Crippen LogP contribution in [-0.2, 0) is 6.42 Å². The Labute approximate surface area is 95.1 Å². The zero-order valence-electron chi connectivity index (χ0n) is 9.57. The van der Waals surface area contributed by atoms with Gasteiger partial charge in [0.15, 0.2) is 0 Å². The zero-order chi connectivity index (χ0) is 11.5. The molecule has 2 rings (SSSR count). The van der Waals surface area contributed by atoms with Crippen molar-refractivity contribution in [2.45, 2.75) is 20.3 Å². The lowest BCUT2D eigenvalue weighted by Gasteiger charge is -2.19. The van der Waals surface area contributed by atoms with Gasteiger partial charge < -0.3 is 0 Å². The molecular formula is C12H16N4. The van der Waals surface area contributed by atoms with Gasteiger partial charge in [0.05, 0.1) is 11.9 Å². The minimum atomic E-state index is 0.790. The van der Waals surface area contributed by atoms with Gasteiger partial charge in [-0.05, 0) is 25.0 Å². The molecule has 1 heterocycles. The highest BCUT2D eigenvalue weighted by Crippen LogP contribution is 2.25. The third-order valence-corrected chi connectivity index (χ3v) is 2.62. The van der Waals surface area contributed by atoms with Crippen LogP contribution in [0.2, 0.25) is 0 Å². The van der Waals surface area contributed by atoms with Gasteiger partial charge in [0.25, 0.3) is 0 Å². The van der Waals surface area contributed by atoms with E-state index < -0.39 is 0 Å². The molecule has 4 heteroatoms. The molecule has 1 aromatic heterocycles. The second kappa shape index (κ2) is 4.37. The minimum Gasteiger partial charge on any atom is -0.262 e. The van der Waals surface area contributed by atoms with Crippen LogP contribution in [0.1, 0.15) is 18.1 Å². The summed E-state index contributed by atoms with van der Waals surface area (Å²) in [5.74, 6) is 6.84. The summed E-state index contributed by atoms with van der Waals surface area (Å²) in [6.45, 7) is 4.21. The van der Waals surface area contributed by atoms with E-state index in [0.717, 1.165) is 17.9 Å². The quantitative estimate of drug-likeness (QED) is 0.611. The van der Waals surface area contributed by atoms with Crippen molar-refractivity contribution in [2.24, 2.45) is 5.84 Å². The number of hydrogen-bond donors (Lipinski definition) is 2. The van der Waals surface area contributed by atoms with Crippen LogP contribution >= 0.6 is 0 Å². The van der Waals surface area contributed by atoms with E-state index in [1.54, 1.807) is 11.2 Å². The molecule has 0 fully saturated rings. The first-order chi connectivity index (χ1) is 7.72. The van der Waals surface area contributed by atoms with Crippen LogP contribution in [0.4, 0.5) is 11.5 Å². The third kappa shape index (κ3) is 1.92. The van der Waals surface area contributed by atoms with E-state index in [9.17, 15) is 0 Å². The predicted octanol–water partition coefficient (Wildman–Crippen LogP) is 2.29.